The van der Waals surface area contributed by atoms with Crippen molar-refractivity contribution < 1.29 is 0 Å². The molecular weight excluding hydrogens is 229 g/mol. The van der Waals surface area contributed by atoms with E-state index in [-0.39, 0.29) is 0 Å². The molecule has 80 valence electrons. The molecule has 0 bridgehead atoms. The summed E-state index contributed by atoms with van der Waals surface area (Å²) in [6, 6.07) is 6.28. The second-order valence-electron chi connectivity index (χ2n) is 3.75. The van der Waals surface area contributed by atoms with E-state index < -0.39 is 0 Å². The highest BCUT2D eigenvalue weighted by Gasteiger charge is 2.18. The molecular formula is C12H13Cl2N. The van der Waals surface area contributed by atoms with Crippen molar-refractivity contribution in [2.24, 2.45) is 0 Å². The van der Waals surface area contributed by atoms with Crippen LogP contribution in [0.25, 0.3) is 6.08 Å². The number of nitrogens with one attached hydrogen (secondary N) is 1. The summed E-state index contributed by atoms with van der Waals surface area (Å²) in [7, 11) is 0. The summed E-state index contributed by atoms with van der Waals surface area (Å²) in [6.45, 7) is 0.906. The minimum Gasteiger partial charge on any atom is -0.311 e. The standard InChI is InChI=1S/C12H13Cl2N/c13-10-4-3-9(12(14)8-10)2-1-7-15-11-5-6-11/h1-4,8,11,15H,5-7H2. The van der Waals surface area contributed by atoms with Crippen LogP contribution in [0.5, 0.6) is 0 Å². The molecule has 1 nitrogen and oxygen atoms in total. The summed E-state index contributed by atoms with van der Waals surface area (Å²) < 4.78 is 0. The van der Waals surface area contributed by atoms with Crippen LogP contribution in [-0.4, -0.2) is 12.6 Å². The fraction of sp³-hybridized carbons (Fsp3) is 0.333. The molecule has 2 rings (SSSR count). The van der Waals surface area contributed by atoms with Crippen molar-refractivity contribution >= 4 is 29.3 Å². The molecule has 0 radical (unpaired) electrons. The number of benzene rings is 1. The van der Waals surface area contributed by atoms with Crippen LogP contribution in [0.1, 0.15) is 18.4 Å². The molecule has 0 saturated heterocycles. The molecule has 1 aromatic carbocycles. The van der Waals surface area contributed by atoms with Gasteiger partial charge in [0.15, 0.2) is 0 Å². The first kappa shape index (κ1) is 11.0. The fourth-order valence-corrected chi connectivity index (χ4v) is 1.82. The maximum absolute atomic E-state index is 6.03. The van der Waals surface area contributed by atoms with Crippen molar-refractivity contribution in [3.05, 3.63) is 39.9 Å². The second-order valence-corrected chi connectivity index (χ2v) is 4.59. The van der Waals surface area contributed by atoms with E-state index in [1.807, 2.05) is 18.2 Å². The van der Waals surface area contributed by atoms with Gasteiger partial charge in [0.1, 0.15) is 0 Å². The zero-order valence-corrected chi connectivity index (χ0v) is 9.85. The second kappa shape index (κ2) is 5.02. The quantitative estimate of drug-likeness (QED) is 0.847. The van der Waals surface area contributed by atoms with Gasteiger partial charge in [-0.15, -0.1) is 0 Å². The van der Waals surface area contributed by atoms with Crippen molar-refractivity contribution in [2.75, 3.05) is 6.54 Å². The average Bonchev–Trinajstić information content (AvgIpc) is 2.99. The SMILES string of the molecule is Clc1ccc(C=CCNC2CC2)c(Cl)c1. The molecule has 1 aliphatic rings. The van der Waals surface area contributed by atoms with Crippen LogP contribution in [0.4, 0.5) is 0 Å². The van der Waals surface area contributed by atoms with E-state index in [2.05, 4.69) is 11.4 Å². The Morgan fingerprint density at radius 1 is 1.33 bits per heavy atom. The number of halogens is 2. The predicted molar refractivity (Wildman–Crippen MR) is 66.5 cm³/mol. The summed E-state index contributed by atoms with van der Waals surface area (Å²) in [5.74, 6) is 0. The molecule has 0 unspecified atom stereocenters. The summed E-state index contributed by atoms with van der Waals surface area (Å²) >= 11 is 11.8. The van der Waals surface area contributed by atoms with Crippen molar-refractivity contribution in [3.63, 3.8) is 0 Å². The Kier molecular flexibility index (Phi) is 3.68. The van der Waals surface area contributed by atoms with Crippen LogP contribution >= 0.6 is 23.2 Å². The lowest BCUT2D eigenvalue weighted by atomic mass is 10.2. The predicted octanol–water partition coefficient (Wildman–Crippen LogP) is 3.76. The monoisotopic (exact) mass is 241 g/mol. The van der Waals surface area contributed by atoms with Gasteiger partial charge in [0.05, 0.1) is 0 Å². The third-order valence-corrected chi connectivity index (χ3v) is 2.92. The smallest absolute Gasteiger partial charge is 0.0493 e. The third-order valence-electron chi connectivity index (χ3n) is 2.36. The Morgan fingerprint density at radius 2 is 2.13 bits per heavy atom. The Labute approximate surface area is 100 Å². The first-order chi connectivity index (χ1) is 7.25. The van der Waals surface area contributed by atoms with Crippen LogP contribution in [0, 0.1) is 0 Å². The molecule has 1 N–H and O–H groups in total. The highest BCUT2D eigenvalue weighted by molar-refractivity contribution is 6.35. The molecule has 0 amide bonds. The lowest BCUT2D eigenvalue weighted by Gasteiger charge is -1.99. The van der Waals surface area contributed by atoms with Gasteiger partial charge in [-0.05, 0) is 30.5 Å². The Bertz CT molecular complexity index is 370. The van der Waals surface area contributed by atoms with Gasteiger partial charge >= 0.3 is 0 Å². The molecule has 0 aromatic heterocycles. The molecule has 1 aromatic rings. The third kappa shape index (κ3) is 3.53. The molecule has 1 saturated carbocycles. The Hall–Kier alpha value is -0.500. The number of rotatable bonds is 4. The average molecular weight is 242 g/mol. The molecule has 0 aliphatic heterocycles. The van der Waals surface area contributed by atoms with E-state index in [4.69, 9.17) is 23.2 Å². The highest BCUT2D eigenvalue weighted by Crippen LogP contribution is 2.22. The molecule has 0 heterocycles. The van der Waals surface area contributed by atoms with Gasteiger partial charge in [0.2, 0.25) is 0 Å². The minimum atomic E-state index is 0.674. The maximum atomic E-state index is 6.03. The molecule has 0 spiro atoms. The van der Waals surface area contributed by atoms with Gasteiger partial charge in [0.25, 0.3) is 0 Å². The van der Waals surface area contributed by atoms with Crippen LogP contribution in [0.2, 0.25) is 10.0 Å². The van der Waals surface area contributed by atoms with Crippen molar-refractivity contribution in [2.45, 2.75) is 18.9 Å². The van der Waals surface area contributed by atoms with E-state index in [9.17, 15) is 0 Å². The summed E-state index contributed by atoms with van der Waals surface area (Å²) in [4.78, 5) is 0. The van der Waals surface area contributed by atoms with Gasteiger partial charge in [-0.1, -0.05) is 41.4 Å². The van der Waals surface area contributed by atoms with E-state index in [1.54, 1.807) is 6.07 Å². The number of hydrogen-bond donors (Lipinski definition) is 1. The Balaban J connectivity index is 1.90. The fourth-order valence-electron chi connectivity index (χ4n) is 1.34. The van der Waals surface area contributed by atoms with Crippen LogP contribution in [-0.2, 0) is 0 Å². The van der Waals surface area contributed by atoms with E-state index in [0.29, 0.717) is 10.0 Å². The zero-order valence-electron chi connectivity index (χ0n) is 8.34. The highest BCUT2D eigenvalue weighted by atomic mass is 35.5. The van der Waals surface area contributed by atoms with Crippen molar-refractivity contribution in [1.82, 2.24) is 5.32 Å². The van der Waals surface area contributed by atoms with Gasteiger partial charge in [-0.2, -0.15) is 0 Å². The minimum absolute atomic E-state index is 0.674. The lowest BCUT2D eigenvalue weighted by molar-refractivity contribution is 0.754. The maximum Gasteiger partial charge on any atom is 0.0493 e. The zero-order chi connectivity index (χ0) is 10.7. The number of hydrogen-bond acceptors (Lipinski definition) is 1. The summed E-state index contributed by atoms with van der Waals surface area (Å²) in [5.41, 5.74) is 1.01. The molecule has 0 atom stereocenters. The largest absolute Gasteiger partial charge is 0.311 e. The van der Waals surface area contributed by atoms with Crippen LogP contribution < -0.4 is 5.32 Å². The first-order valence-electron chi connectivity index (χ1n) is 5.10. The summed E-state index contributed by atoms with van der Waals surface area (Å²) in [6.07, 6.45) is 6.74. The van der Waals surface area contributed by atoms with E-state index in [0.717, 1.165) is 18.2 Å². The lowest BCUT2D eigenvalue weighted by Crippen LogP contribution is -2.15. The summed E-state index contributed by atoms with van der Waals surface area (Å²) in [5, 5.41) is 4.78. The normalized spacial score (nSPS) is 16.1. The molecule has 1 aliphatic carbocycles. The van der Waals surface area contributed by atoms with Crippen LogP contribution in [0.15, 0.2) is 24.3 Å². The van der Waals surface area contributed by atoms with Gasteiger partial charge in [-0.25, -0.2) is 0 Å². The first-order valence-corrected chi connectivity index (χ1v) is 5.86. The van der Waals surface area contributed by atoms with Crippen molar-refractivity contribution in [1.29, 1.82) is 0 Å². The van der Waals surface area contributed by atoms with E-state index >= 15 is 0 Å². The molecule has 3 heteroatoms. The Morgan fingerprint density at radius 3 is 2.80 bits per heavy atom. The van der Waals surface area contributed by atoms with Gasteiger partial charge in [0, 0.05) is 22.6 Å². The molecule has 15 heavy (non-hydrogen) atoms. The van der Waals surface area contributed by atoms with Gasteiger partial charge in [-0.3, -0.25) is 0 Å². The van der Waals surface area contributed by atoms with E-state index in [1.165, 1.54) is 12.8 Å². The molecule has 1 fully saturated rings. The topological polar surface area (TPSA) is 12.0 Å². The van der Waals surface area contributed by atoms with Crippen LogP contribution in [0.3, 0.4) is 0 Å². The van der Waals surface area contributed by atoms with Crippen molar-refractivity contribution in [3.8, 4) is 0 Å². The van der Waals surface area contributed by atoms with Gasteiger partial charge < -0.3 is 5.32 Å².